The number of aliphatic hydroxyl groups is 1. The van der Waals surface area contributed by atoms with Crippen LogP contribution in [0, 0.1) is 0 Å². The number of carbonyl (C=O) groups excluding carboxylic acids is 1. The molecule has 5 heteroatoms. The number of likely N-dealkylation sites (tertiary alicyclic amines) is 1. The molecule has 0 saturated carbocycles. The molecule has 2 aromatic carbocycles. The van der Waals surface area contributed by atoms with Crippen LogP contribution in [0.3, 0.4) is 0 Å². The van der Waals surface area contributed by atoms with E-state index in [1.807, 2.05) is 60.7 Å². The minimum absolute atomic E-state index is 0.134. The fourth-order valence-electron chi connectivity index (χ4n) is 2.96. The molecular formula is C19H20BrNO3. The van der Waals surface area contributed by atoms with Crippen LogP contribution in [0.2, 0.25) is 0 Å². The van der Waals surface area contributed by atoms with Gasteiger partial charge in [-0.1, -0.05) is 76.6 Å². The maximum atomic E-state index is 12.5. The van der Waals surface area contributed by atoms with Crippen LogP contribution in [0.15, 0.2) is 60.7 Å². The second kappa shape index (κ2) is 7.81. The molecule has 3 atom stereocenters. The monoisotopic (exact) mass is 389 g/mol. The summed E-state index contributed by atoms with van der Waals surface area (Å²) in [6.07, 6.45) is -0.308. The van der Waals surface area contributed by atoms with E-state index in [0.29, 0.717) is 6.42 Å². The summed E-state index contributed by atoms with van der Waals surface area (Å²) in [4.78, 5) is 13.9. The average molecular weight is 390 g/mol. The fraction of sp³-hybridized carbons (Fsp3) is 0.316. The van der Waals surface area contributed by atoms with Gasteiger partial charge in [-0.15, -0.1) is 0 Å². The second-order valence-corrected chi connectivity index (χ2v) is 7.02. The van der Waals surface area contributed by atoms with E-state index < -0.39 is 6.10 Å². The minimum Gasteiger partial charge on any atom is -0.445 e. The number of alkyl halides is 1. The van der Waals surface area contributed by atoms with E-state index in [1.54, 1.807) is 4.90 Å². The normalized spacial score (nSPS) is 23.2. The Morgan fingerprint density at radius 1 is 1.08 bits per heavy atom. The van der Waals surface area contributed by atoms with Crippen molar-refractivity contribution in [1.29, 1.82) is 0 Å². The zero-order chi connectivity index (χ0) is 16.9. The summed E-state index contributed by atoms with van der Waals surface area (Å²) in [6, 6.07) is 19.4. The highest BCUT2D eigenvalue weighted by Crippen LogP contribution is 2.28. The molecule has 1 aliphatic rings. The molecule has 4 nitrogen and oxygen atoms in total. The molecule has 1 N–H and O–H groups in total. The molecule has 0 radical (unpaired) electrons. The lowest BCUT2D eigenvalue weighted by Gasteiger charge is -2.25. The van der Waals surface area contributed by atoms with Crippen molar-refractivity contribution >= 4 is 22.0 Å². The summed E-state index contributed by atoms with van der Waals surface area (Å²) in [5, 5.41) is 10.2. The minimum atomic E-state index is -0.594. The number of carbonyl (C=O) groups is 1. The van der Waals surface area contributed by atoms with Gasteiger partial charge in [0.15, 0.2) is 0 Å². The van der Waals surface area contributed by atoms with Crippen molar-refractivity contribution in [3.8, 4) is 0 Å². The predicted molar refractivity (Wildman–Crippen MR) is 96.0 cm³/mol. The Balaban J connectivity index is 1.66. The molecule has 1 amide bonds. The molecule has 1 fully saturated rings. The van der Waals surface area contributed by atoms with Crippen molar-refractivity contribution in [3.05, 3.63) is 71.8 Å². The van der Waals surface area contributed by atoms with Gasteiger partial charge < -0.3 is 14.7 Å². The van der Waals surface area contributed by atoms with Crippen LogP contribution in [0.1, 0.15) is 11.1 Å². The van der Waals surface area contributed by atoms with Crippen molar-refractivity contribution in [2.24, 2.45) is 0 Å². The molecule has 0 unspecified atom stereocenters. The van der Waals surface area contributed by atoms with Crippen molar-refractivity contribution in [1.82, 2.24) is 4.90 Å². The number of amides is 1. The third kappa shape index (κ3) is 3.97. The van der Waals surface area contributed by atoms with Gasteiger partial charge in [0.2, 0.25) is 0 Å². The van der Waals surface area contributed by atoms with Crippen LogP contribution in [-0.4, -0.2) is 39.6 Å². The number of nitrogens with zero attached hydrogens (tertiary/aromatic N) is 1. The predicted octanol–water partition coefficient (Wildman–Crippen LogP) is 3.37. The number of hydrogen-bond donors (Lipinski definition) is 1. The molecule has 3 rings (SSSR count). The summed E-state index contributed by atoms with van der Waals surface area (Å²) in [6.45, 7) is 0.512. The first-order chi connectivity index (χ1) is 11.6. The number of benzene rings is 2. The van der Waals surface area contributed by atoms with Crippen molar-refractivity contribution in [2.75, 3.05) is 6.54 Å². The Kier molecular flexibility index (Phi) is 5.53. The van der Waals surface area contributed by atoms with E-state index in [2.05, 4.69) is 15.9 Å². The summed E-state index contributed by atoms with van der Waals surface area (Å²) in [7, 11) is 0. The Morgan fingerprint density at radius 3 is 2.29 bits per heavy atom. The Bertz CT molecular complexity index is 665. The first-order valence-electron chi connectivity index (χ1n) is 7.98. The molecule has 0 spiro atoms. The Hall–Kier alpha value is -1.85. The van der Waals surface area contributed by atoms with Gasteiger partial charge in [-0.25, -0.2) is 4.79 Å². The molecule has 0 aromatic heterocycles. The van der Waals surface area contributed by atoms with E-state index in [-0.39, 0.29) is 30.1 Å². The lowest BCUT2D eigenvalue weighted by Crippen LogP contribution is -2.40. The summed E-state index contributed by atoms with van der Waals surface area (Å²) >= 11 is 3.53. The third-order valence-corrected chi connectivity index (χ3v) is 5.47. The number of ether oxygens (including phenoxy) is 1. The summed E-state index contributed by atoms with van der Waals surface area (Å²) in [5.41, 5.74) is 2.07. The molecule has 2 aromatic rings. The number of β-amino-alcohol motifs (C(OH)–C–C–N with tert-alkyl or cyclic N) is 1. The van der Waals surface area contributed by atoms with Gasteiger partial charge in [-0.3, -0.25) is 0 Å². The number of hydrogen-bond acceptors (Lipinski definition) is 3. The summed E-state index contributed by atoms with van der Waals surface area (Å²) in [5.74, 6) is 0. The smallest absolute Gasteiger partial charge is 0.410 e. The van der Waals surface area contributed by atoms with Crippen LogP contribution < -0.4 is 0 Å². The number of aliphatic hydroxyl groups excluding tert-OH is 1. The molecular weight excluding hydrogens is 370 g/mol. The zero-order valence-corrected chi connectivity index (χ0v) is 14.8. The van der Waals surface area contributed by atoms with Crippen molar-refractivity contribution in [3.63, 3.8) is 0 Å². The average Bonchev–Trinajstić information content (AvgIpc) is 2.90. The molecule has 1 heterocycles. The molecule has 1 saturated heterocycles. The SMILES string of the molecule is O=C(OCc1ccccc1)N1C[C@@H](O)[C@H](Br)[C@H]1Cc1ccccc1. The highest BCUT2D eigenvalue weighted by atomic mass is 79.9. The number of halogens is 1. The molecule has 24 heavy (non-hydrogen) atoms. The fourth-order valence-corrected chi connectivity index (χ4v) is 3.60. The maximum absolute atomic E-state index is 12.5. The lowest BCUT2D eigenvalue weighted by atomic mass is 10.0. The quantitative estimate of drug-likeness (QED) is 0.815. The summed E-state index contributed by atoms with van der Waals surface area (Å²) < 4.78 is 5.43. The van der Waals surface area contributed by atoms with Crippen LogP contribution >= 0.6 is 15.9 Å². The first-order valence-corrected chi connectivity index (χ1v) is 8.90. The van der Waals surface area contributed by atoms with Gasteiger partial charge in [0.25, 0.3) is 0 Å². The van der Waals surface area contributed by atoms with Gasteiger partial charge in [0.05, 0.1) is 23.5 Å². The van der Waals surface area contributed by atoms with Crippen LogP contribution in [0.5, 0.6) is 0 Å². The largest absolute Gasteiger partial charge is 0.445 e. The topological polar surface area (TPSA) is 49.8 Å². The van der Waals surface area contributed by atoms with Crippen LogP contribution in [-0.2, 0) is 17.8 Å². The maximum Gasteiger partial charge on any atom is 0.410 e. The van der Waals surface area contributed by atoms with E-state index in [4.69, 9.17) is 4.74 Å². The van der Waals surface area contributed by atoms with Gasteiger partial charge in [-0.05, 0) is 17.5 Å². The van der Waals surface area contributed by atoms with E-state index in [0.717, 1.165) is 11.1 Å². The Morgan fingerprint density at radius 2 is 1.67 bits per heavy atom. The van der Waals surface area contributed by atoms with Crippen LogP contribution in [0.25, 0.3) is 0 Å². The highest BCUT2D eigenvalue weighted by Gasteiger charge is 2.42. The van der Waals surface area contributed by atoms with E-state index >= 15 is 0 Å². The van der Waals surface area contributed by atoms with E-state index in [1.165, 1.54) is 0 Å². The van der Waals surface area contributed by atoms with Gasteiger partial charge in [-0.2, -0.15) is 0 Å². The van der Waals surface area contributed by atoms with Crippen molar-refractivity contribution in [2.45, 2.75) is 30.0 Å². The standard InChI is InChI=1S/C19H20BrNO3/c20-18-16(11-14-7-3-1-4-8-14)21(12-17(18)22)19(23)24-13-15-9-5-2-6-10-15/h1-10,16-18,22H,11-13H2/t16-,17-,18-/m1/s1. The van der Waals surface area contributed by atoms with E-state index in [9.17, 15) is 9.90 Å². The molecule has 126 valence electrons. The third-order valence-electron chi connectivity index (χ3n) is 4.25. The van der Waals surface area contributed by atoms with Gasteiger partial charge in [0.1, 0.15) is 6.61 Å². The van der Waals surface area contributed by atoms with Crippen molar-refractivity contribution < 1.29 is 14.6 Å². The first kappa shape index (κ1) is 17.0. The molecule has 0 bridgehead atoms. The molecule has 0 aliphatic carbocycles. The van der Waals surface area contributed by atoms with Gasteiger partial charge >= 0.3 is 6.09 Å². The van der Waals surface area contributed by atoms with Crippen LogP contribution in [0.4, 0.5) is 4.79 Å². The number of rotatable bonds is 4. The lowest BCUT2D eigenvalue weighted by molar-refractivity contribution is 0.0877. The highest BCUT2D eigenvalue weighted by molar-refractivity contribution is 9.09. The Labute approximate surface area is 150 Å². The van der Waals surface area contributed by atoms with Gasteiger partial charge in [0, 0.05) is 0 Å². The zero-order valence-electron chi connectivity index (χ0n) is 13.2. The second-order valence-electron chi connectivity index (χ2n) is 5.96. The molecule has 1 aliphatic heterocycles.